The van der Waals surface area contributed by atoms with Crippen LogP contribution in [0.25, 0.3) is 6.08 Å². The Labute approximate surface area is 95.2 Å². The Morgan fingerprint density at radius 3 is 2.88 bits per heavy atom. The third kappa shape index (κ3) is 2.23. The SMILES string of the molecule is C=CCS(=O)(=O)OC1C=Cc2ccccc21. The van der Waals surface area contributed by atoms with Crippen LogP contribution in [0.4, 0.5) is 0 Å². The zero-order chi connectivity index (χ0) is 11.6. The molecule has 1 aromatic rings. The van der Waals surface area contributed by atoms with Gasteiger partial charge in [0.1, 0.15) is 6.10 Å². The number of hydrogen-bond donors (Lipinski definition) is 0. The summed E-state index contributed by atoms with van der Waals surface area (Å²) in [5.41, 5.74) is 1.89. The van der Waals surface area contributed by atoms with Gasteiger partial charge in [-0.3, -0.25) is 4.18 Å². The second kappa shape index (κ2) is 4.23. The Hall–Kier alpha value is -1.39. The van der Waals surface area contributed by atoms with Crippen LogP contribution in [0.5, 0.6) is 0 Å². The van der Waals surface area contributed by atoms with Gasteiger partial charge in [-0.25, -0.2) is 0 Å². The Morgan fingerprint density at radius 2 is 2.12 bits per heavy atom. The zero-order valence-electron chi connectivity index (χ0n) is 8.67. The fourth-order valence-corrected chi connectivity index (χ4v) is 2.49. The van der Waals surface area contributed by atoms with Gasteiger partial charge in [-0.05, 0) is 17.2 Å². The van der Waals surface area contributed by atoms with Crippen LogP contribution in [-0.4, -0.2) is 14.2 Å². The summed E-state index contributed by atoms with van der Waals surface area (Å²) >= 11 is 0. The first kappa shape index (κ1) is 11.1. The summed E-state index contributed by atoms with van der Waals surface area (Å²) in [6.07, 6.45) is 4.43. The van der Waals surface area contributed by atoms with Gasteiger partial charge in [0.2, 0.25) is 0 Å². The molecule has 0 fully saturated rings. The molecule has 4 heteroatoms. The Balaban J connectivity index is 2.21. The standard InChI is InChI=1S/C12H12O3S/c1-2-9-16(13,14)15-12-8-7-10-5-3-4-6-11(10)12/h2-8,12H,1,9H2. The highest BCUT2D eigenvalue weighted by molar-refractivity contribution is 7.86. The van der Waals surface area contributed by atoms with Crippen molar-refractivity contribution in [3.05, 3.63) is 54.1 Å². The molecule has 0 aromatic heterocycles. The molecule has 1 atom stereocenters. The van der Waals surface area contributed by atoms with E-state index in [0.29, 0.717) is 0 Å². The molecule has 1 aliphatic rings. The minimum Gasteiger partial charge on any atom is -0.257 e. The number of fused-ring (bicyclic) bond motifs is 1. The molecule has 3 nitrogen and oxygen atoms in total. The molecule has 0 radical (unpaired) electrons. The zero-order valence-corrected chi connectivity index (χ0v) is 9.48. The van der Waals surface area contributed by atoms with Gasteiger partial charge in [0.25, 0.3) is 10.1 Å². The van der Waals surface area contributed by atoms with Crippen molar-refractivity contribution in [2.24, 2.45) is 0 Å². The van der Waals surface area contributed by atoms with Gasteiger partial charge in [-0.15, -0.1) is 6.58 Å². The molecule has 0 aliphatic heterocycles. The van der Waals surface area contributed by atoms with Crippen LogP contribution in [0.3, 0.4) is 0 Å². The number of rotatable bonds is 4. The van der Waals surface area contributed by atoms with E-state index in [1.54, 1.807) is 6.08 Å². The molecule has 0 saturated carbocycles. The van der Waals surface area contributed by atoms with Crippen LogP contribution >= 0.6 is 0 Å². The molecule has 1 aromatic carbocycles. The van der Waals surface area contributed by atoms with E-state index in [1.165, 1.54) is 6.08 Å². The smallest absolute Gasteiger partial charge is 0.257 e. The molecule has 1 unspecified atom stereocenters. The Morgan fingerprint density at radius 1 is 1.38 bits per heavy atom. The molecule has 0 amide bonds. The minimum atomic E-state index is -3.53. The van der Waals surface area contributed by atoms with E-state index in [2.05, 4.69) is 6.58 Å². The van der Waals surface area contributed by atoms with Crippen LogP contribution in [0, 0.1) is 0 Å². The molecular formula is C12H12O3S. The van der Waals surface area contributed by atoms with E-state index in [9.17, 15) is 8.42 Å². The quantitative estimate of drug-likeness (QED) is 0.595. The summed E-state index contributed by atoms with van der Waals surface area (Å²) in [4.78, 5) is 0. The maximum atomic E-state index is 11.5. The molecule has 0 saturated heterocycles. The normalized spacial score (nSPS) is 18.4. The van der Waals surface area contributed by atoms with Crippen molar-refractivity contribution >= 4 is 16.2 Å². The van der Waals surface area contributed by atoms with Crippen LogP contribution < -0.4 is 0 Å². The fraction of sp³-hybridized carbons (Fsp3) is 0.167. The predicted molar refractivity (Wildman–Crippen MR) is 63.3 cm³/mol. The molecule has 84 valence electrons. The lowest BCUT2D eigenvalue weighted by Crippen LogP contribution is -2.11. The molecule has 1 aliphatic carbocycles. The Kier molecular flexibility index (Phi) is 2.94. The van der Waals surface area contributed by atoms with Gasteiger partial charge in [0.05, 0.1) is 5.75 Å². The van der Waals surface area contributed by atoms with Crippen LogP contribution in [0.2, 0.25) is 0 Å². The highest BCUT2D eigenvalue weighted by Crippen LogP contribution is 2.31. The third-order valence-electron chi connectivity index (χ3n) is 2.33. The summed E-state index contributed by atoms with van der Waals surface area (Å²) in [5.74, 6) is -0.167. The molecule has 0 heterocycles. The summed E-state index contributed by atoms with van der Waals surface area (Å²) in [6.45, 7) is 3.39. The van der Waals surface area contributed by atoms with Gasteiger partial charge in [-0.1, -0.05) is 36.4 Å². The van der Waals surface area contributed by atoms with E-state index >= 15 is 0 Å². The predicted octanol–water partition coefficient (Wildman–Crippen LogP) is 2.29. The molecule has 0 spiro atoms. The van der Waals surface area contributed by atoms with Crippen LogP contribution in [0.1, 0.15) is 17.2 Å². The monoisotopic (exact) mass is 236 g/mol. The number of benzene rings is 1. The van der Waals surface area contributed by atoms with E-state index in [0.717, 1.165) is 11.1 Å². The Bertz CT molecular complexity index is 529. The summed E-state index contributed by atoms with van der Waals surface area (Å²) in [7, 11) is -3.53. The van der Waals surface area contributed by atoms with Crippen molar-refractivity contribution in [1.29, 1.82) is 0 Å². The van der Waals surface area contributed by atoms with Crippen LogP contribution in [0.15, 0.2) is 43.0 Å². The minimum absolute atomic E-state index is 0.167. The van der Waals surface area contributed by atoms with E-state index in [4.69, 9.17) is 4.18 Å². The van der Waals surface area contributed by atoms with E-state index < -0.39 is 16.2 Å². The highest BCUT2D eigenvalue weighted by atomic mass is 32.2. The van der Waals surface area contributed by atoms with Gasteiger partial charge in [0, 0.05) is 0 Å². The van der Waals surface area contributed by atoms with Gasteiger partial charge in [-0.2, -0.15) is 8.42 Å². The first-order valence-corrected chi connectivity index (χ1v) is 6.49. The summed E-state index contributed by atoms with van der Waals surface area (Å²) < 4.78 is 28.0. The molecular weight excluding hydrogens is 224 g/mol. The van der Waals surface area contributed by atoms with Crippen molar-refractivity contribution in [2.75, 3.05) is 5.75 Å². The molecule has 16 heavy (non-hydrogen) atoms. The second-order valence-corrected chi connectivity index (χ2v) is 5.16. The maximum absolute atomic E-state index is 11.5. The topological polar surface area (TPSA) is 43.4 Å². The average molecular weight is 236 g/mol. The van der Waals surface area contributed by atoms with E-state index in [-0.39, 0.29) is 5.75 Å². The lowest BCUT2D eigenvalue weighted by atomic mass is 10.1. The van der Waals surface area contributed by atoms with Crippen LogP contribution in [-0.2, 0) is 14.3 Å². The lowest BCUT2D eigenvalue weighted by molar-refractivity contribution is 0.266. The first-order chi connectivity index (χ1) is 7.62. The lowest BCUT2D eigenvalue weighted by Gasteiger charge is -2.11. The number of hydrogen-bond acceptors (Lipinski definition) is 3. The van der Waals surface area contributed by atoms with Crippen molar-refractivity contribution in [2.45, 2.75) is 6.10 Å². The summed E-state index contributed by atoms with van der Waals surface area (Å²) in [5, 5.41) is 0. The van der Waals surface area contributed by atoms with Crippen molar-refractivity contribution in [3.63, 3.8) is 0 Å². The maximum Gasteiger partial charge on any atom is 0.271 e. The van der Waals surface area contributed by atoms with Gasteiger partial charge >= 0.3 is 0 Å². The second-order valence-electron chi connectivity index (χ2n) is 3.52. The molecule has 0 bridgehead atoms. The summed E-state index contributed by atoms with van der Waals surface area (Å²) in [6, 6.07) is 7.56. The largest absolute Gasteiger partial charge is 0.271 e. The van der Waals surface area contributed by atoms with Gasteiger partial charge < -0.3 is 0 Å². The van der Waals surface area contributed by atoms with Gasteiger partial charge in [0.15, 0.2) is 0 Å². The fourth-order valence-electron chi connectivity index (χ4n) is 1.64. The van der Waals surface area contributed by atoms with Crippen molar-refractivity contribution < 1.29 is 12.6 Å². The highest BCUT2D eigenvalue weighted by Gasteiger charge is 2.22. The third-order valence-corrected chi connectivity index (χ3v) is 3.47. The van der Waals surface area contributed by atoms with E-state index in [1.807, 2.05) is 30.3 Å². The molecule has 0 N–H and O–H groups in total. The van der Waals surface area contributed by atoms with Crippen molar-refractivity contribution in [1.82, 2.24) is 0 Å². The van der Waals surface area contributed by atoms with Crippen molar-refractivity contribution in [3.8, 4) is 0 Å². The first-order valence-electron chi connectivity index (χ1n) is 4.91. The average Bonchev–Trinajstić information content (AvgIpc) is 2.61. The molecule has 2 rings (SSSR count).